The number of anilines is 1. The van der Waals surface area contributed by atoms with Crippen LogP contribution in [0.2, 0.25) is 0 Å². The van der Waals surface area contributed by atoms with E-state index in [0.717, 1.165) is 22.6 Å². The maximum Gasteiger partial charge on any atom is 0.279 e. The first kappa shape index (κ1) is 23.9. The van der Waals surface area contributed by atoms with Crippen molar-refractivity contribution in [1.29, 1.82) is 0 Å². The van der Waals surface area contributed by atoms with Gasteiger partial charge in [0.05, 0.1) is 15.0 Å². The van der Waals surface area contributed by atoms with E-state index in [1.165, 1.54) is 17.5 Å². The minimum atomic E-state index is 0.0931. The maximum absolute atomic E-state index is 6.31. The summed E-state index contributed by atoms with van der Waals surface area (Å²) >= 11 is 4.90. The molecule has 9 heteroatoms. The normalized spacial score (nSPS) is 12.5. The molecule has 0 saturated carbocycles. The Morgan fingerprint density at radius 3 is 2.80 bits per heavy atom. The largest absolute Gasteiger partial charge is 0.430 e. The molecule has 2 aromatic rings. The van der Waals surface area contributed by atoms with Gasteiger partial charge in [-0.05, 0) is 44.7 Å². The average Bonchev–Trinajstić information content (AvgIpc) is 3.12. The second-order valence-corrected chi connectivity index (χ2v) is 9.63. The summed E-state index contributed by atoms with van der Waals surface area (Å²) < 4.78 is 6.60. The lowest BCUT2D eigenvalue weighted by atomic mass is 9.96. The van der Waals surface area contributed by atoms with Crippen LogP contribution in [0.5, 0.6) is 10.9 Å². The number of aliphatic imine (C=N–C) groups is 1. The lowest BCUT2D eigenvalue weighted by Gasteiger charge is -2.26. The van der Waals surface area contributed by atoms with E-state index in [1.807, 2.05) is 12.1 Å². The Hall–Kier alpha value is -2.38. The maximum atomic E-state index is 6.31. The number of hydrogen-bond acceptors (Lipinski definition) is 8. The highest BCUT2D eigenvalue weighted by molar-refractivity contribution is 9.10. The van der Waals surface area contributed by atoms with Gasteiger partial charge >= 0.3 is 0 Å². The van der Waals surface area contributed by atoms with Crippen LogP contribution in [0, 0.1) is 17.9 Å². The minimum absolute atomic E-state index is 0.0931. The van der Waals surface area contributed by atoms with Crippen LogP contribution in [-0.2, 0) is 6.54 Å². The van der Waals surface area contributed by atoms with E-state index in [-0.39, 0.29) is 5.41 Å². The van der Waals surface area contributed by atoms with E-state index in [9.17, 15) is 0 Å². The molecule has 0 saturated heterocycles. The van der Waals surface area contributed by atoms with Crippen molar-refractivity contribution in [1.82, 2.24) is 9.99 Å². The fourth-order valence-corrected chi connectivity index (χ4v) is 3.99. The first-order chi connectivity index (χ1) is 14.1. The second-order valence-electron chi connectivity index (χ2n) is 7.85. The third-order valence-corrected chi connectivity index (χ3v) is 5.73. The smallest absolute Gasteiger partial charge is 0.279 e. The summed E-state index contributed by atoms with van der Waals surface area (Å²) in [6.45, 7) is 7.69. The Labute approximate surface area is 190 Å². The Bertz CT molecular complexity index is 971. The quantitative estimate of drug-likeness (QED) is 0.166. The highest BCUT2D eigenvalue weighted by atomic mass is 79.9. The Balaban J connectivity index is 2.13. The number of terminal acetylenes is 1. The van der Waals surface area contributed by atoms with Gasteiger partial charge in [0, 0.05) is 38.0 Å². The van der Waals surface area contributed by atoms with Gasteiger partial charge < -0.3 is 16.2 Å². The van der Waals surface area contributed by atoms with Crippen molar-refractivity contribution in [2.45, 2.75) is 33.7 Å². The summed E-state index contributed by atoms with van der Waals surface area (Å²) in [5, 5.41) is 2.23. The van der Waals surface area contributed by atoms with Gasteiger partial charge in [-0.15, -0.1) is 0 Å². The van der Waals surface area contributed by atoms with Crippen molar-refractivity contribution < 1.29 is 4.74 Å². The second kappa shape index (κ2) is 10.6. The van der Waals surface area contributed by atoms with Gasteiger partial charge in [0.2, 0.25) is 0 Å². The lowest BCUT2D eigenvalue weighted by Crippen LogP contribution is -2.37. The molecule has 0 fully saturated rings. The molecule has 2 rings (SSSR count). The molecular formula is C21H27BrN6OS. The summed E-state index contributed by atoms with van der Waals surface area (Å²) in [6.07, 6.45) is 10.5. The molecular weight excluding hydrogens is 464 g/mol. The van der Waals surface area contributed by atoms with Crippen LogP contribution in [0.4, 0.5) is 5.69 Å². The number of halogens is 1. The molecule has 30 heavy (non-hydrogen) atoms. The third kappa shape index (κ3) is 6.85. The highest BCUT2D eigenvalue weighted by Crippen LogP contribution is 2.38. The van der Waals surface area contributed by atoms with Crippen molar-refractivity contribution in [3.63, 3.8) is 0 Å². The van der Waals surface area contributed by atoms with Crippen LogP contribution in [0.25, 0.3) is 5.57 Å². The van der Waals surface area contributed by atoms with Gasteiger partial charge in [-0.2, -0.15) is 0 Å². The number of rotatable bonds is 8. The summed E-state index contributed by atoms with van der Waals surface area (Å²) in [5.74, 6) is 6.72. The van der Waals surface area contributed by atoms with Crippen molar-refractivity contribution in [2.24, 2.45) is 22.0 Å². The van der Waals surface area contributed by atoms with Crippen LogP contribution < -0.4 is 22.0 Å². The molecule has 0 bridgehead atoms. The predicted octanol–water partition coefficient (Wildman–Crippen LogP) is 4.35. The summed E-state index contributed by atoms with van der Waals surface area (Å²) in [6, 6.07) is 5.97. The molecule has 0 aliphatic heterocycles. The zero-order valence-corrected chi connectivity index (χ0v) is 19.8. The molecule has 7 nitrogen and oxygen atoms in total. The zero-order valence-electron chi connectivity index (χ0n) is 17.4. The number of thiazole rings is 1. The van der Waals surface area contributed by atoms with Gasteiger partial charge in [-0.1, -0.05) is 44.6 Å². The number of ether oxygens (including phenoxy) is 1. The molecule has 0 spiro atoms. The van der Waals surface area contributed by atoms with Gasteiger partial charge in [-0.3, -0.25) is 5.84 Å². The van der Waals surface area contributed by atoms with Crippen molar-refractivity contribution in [3.8, 4) is 23.4 Å². The van der Waals surface area contributed by atoms with E-state index in [2.05, 4.69) is 52.7 Å². The SMILES string of the molecule is C#CN=CC/C(=C\N)c1cnc(Oc2ccc(CN(N)CC(C)(C)C)c(N)c2Br)s1. The van der Waals surface area contributed by atoms with Crippen LogP contribution in [0.15, 0.2) is 34.0 Å². The number of allylic oxidation sites excluding steroid dienone is 1. The molecule has 0 aliphatic carbocycles. The molecule has 1 heterocycles. The van der Waals surface area contributed by atoms with Crippen molar-refractivity contribution in [2.75, 3.05) is 12.3 Å². The number of nitrogens with zero attached hydrogens (tertiary/aromatic N) is 3. The fraction of sp³-hybridized carbons (Fsp3) is 0.333. The minimum Gasteiger partial charge on any atom is -0.430 e. The third-order valence-electron chi connectivity index (χ3n) is 3.96. The van der Waals surface area contributed by atoms with Gasteiger partial charge in [-0.25, -0.2) is 15.0 Å². The van der Waals surface area contributed by atoms with Crippen LogP contribution >= 0.6 is 27.3 Å². The Kier molecular flexibility index (Phi) is 8.43. The molecule has 0 radical (unpaired) electrons. The summed E-state index contributed by atoms with van der Waals surface area (Å²) in [5.41, 5.74) is 14.5. The van der Waals surface area contributed by atoms with Crippen LogP contribution in [-0.4, -0.2) is 22.8 Å². The zero-order chi connectivity index (χ0) is 22.3. The lowest BCUT2D eigenvalue weighted by molar-refractivity contribution is 0.188. The average molecular weight is 491 g/mol. The number of benzene rings is 1. The number of hydrazine groups is 1. The molecule has 1 aromatic heterocycles. The number of nitrogen functional groups attached to an aromatic ring is 1. The molecule has 0 amide bonds. The Morgan fingerprint density at radius 2 is 2.17 bits per heavy atom. The summed E-state index contributed by atoms with van der Waals surface area (Å²) in [4.78, 5) is 8.94. The molecule has 0 unspecified atom stereocenters. The highest BCUT2D eigenvalue weighted by Gasteiger charge is 2.17. The number of aromatic nitrogens is 1. The number of hydrogen-bond donors (Lipinski definition) is 3. The fourth-order valence-electron chi connectivity index (χ4n) is 2.71. The first-order valence-electron chi connectivity index (χ1n) is 9.23. The van der Waals surface area contributed by atoms with Gasteiger partial charge in [0.25, 0.3) is 5.19 Å². The predicted molar refractivity (Wildman–Crippen MR) is 129 cm³/mol. The van der Waals surface area contributed by atoms with E-state index < -0.39 is 0 Å². The van der Waals surface area contributed by atoms with Gasteiger partial charge in [0.1, 0.15) is 5.75 Å². The van der Waals surface area contributed by atoms with E-state index in [1.54, 1.807) is 17.4 Å². The van der Waals surface area contributed by atoms with Crippen LogP contribution in [0.1, 0.15) is 37.6 Å². The van der Waals surface area contributed by atoms with Crippen molar-refractivity contribution >= 4 is 44.7 Å². The van der Waals surface area contributed by atoms with Gasteiger partial charge in [0.15, 0.2) is 0 Å². The van der Waals surface area contributed by atoms with E-state index in [0.29, 0.717) is 34.1 Å². The Morgan fingerprint density at radius 1 is 1.43 bits per heavy atom. The molecule has 1 aromatic carbocycles. The molecule has 160 valence electrons. The van der Waals surface area contributed by atoms with Crippen molar-refractivity contribution in [3.05, 3.63) is 39.4 Å². The van der Waals surface area contributed by atoms with Crippen LogP contribution in [0.3, 0.4) is 0 Å². The summed E-state index contributed by atoms with van der Waals surface area (Å²) in [7, 11) is 0. The number of nitrogens with two attached hydrogens (primary N) is 3. The molecule has 0 atom stereocenters. The topological polar surface area (TPSA) is 116 Å². The van der Waals surface area contributed by atoms with E-state index >= 15 is 0 Å². The molecule has 6 N–H and O–H groups in total. The molecule has 0 aliphatic rings. The standard InChI is InChI=1S/C21H27BrN6OS/c1-5-26-9-8-14(10-23)17-11-27-20(30-17)29-16-7-6-15(19(24)18(16)22)12-28(25)13-21(2,3)4/h1,6-7,9-11H,8,12-13,23-25H2,2-4H3/b14-10+,26-9?. The van der Waals surface area contributed by atoms with E-state index in [4.69, 9.17) is 28.5 Å². The monoisotopic (exact) mass is 490 g/mol. The first-order valence-corrected chi connectivity index (χ1v) is 10.8.